The number of carbonyl (C=O) groups excluding carboxylic acids is 5. The number of hydrogen-bond acceptors (Lipinski definition) is 7. The van der Waals surface area contributed by atoms with Crippen LogP contribution in [0.3, 0.4) is 0 Å². The van der Waals surface area contributed by atoms with Gasteiger partial charge in [0, 0.05) is 20.0 Å². The van der Waals surface area contributed by atoms with Gasteiger partial charge < -0.3 is 14.4 Å². The van der Waals surface area contributed by atoms with E-state index in [1.807, 2.05) is 20.8 Å². The van der Waals surface area contributed by atoms with Crippen LogP contribution in [0.1, 0.15) is 73.6 Å². The number of carbonyl (C=O) groups is 5. The molecular weight excluding hydrogens is 442 g/mol. The summed E-state index contributed by atoms with van der Waals surface area (Å²) in [5, 5.41) is 2.18. The average Bonchev–Trinajstić information content (AvgIpc) is 2.99. The SMILES string of the molecule is CN(CCCCCOc1ccc2c(c1)C(=O)N(C1CCC(=O)NC1=O)C2=O)C(=O)OC(C)(C)C. The van der Waals surface area contributed by atoms with E-state index in [0.29, 0.717) is 18.9 Å². The smallest absolute Gasteiger partial charge is 0.410 e. The van der Waals surface area contributed by atoms with Gasteiger partial charge in [-0.05, 0) is 64.7 Å². The van der Waals surface area contributed by atoms with Crippen LogP contribution in [-0.4, -0.2) is 71.4 Å². The molecule has 10 nitrogen and oxygen atoms in total. The zero-order chi connectivity index (χ0) is 25.0. The molecular formula is C24H31N3O7. The molecule has 2 aliphatic rings. The van der Waals surface area contributed by atoms with Crippen molar-refractivity contribution in [2.45, 2.75) is 64.5 Å². The number of unbranched alkanes of at least 4 members (excludes halogenated alkanes) is 2. The van der Waals surface area contributed by atoms with Gasteiger partial charge >= 0.3 is 6.09 Å². The fourth-order valence-corrected chi connectivity index (χ4v) is 3.79. The Kier molecular flexibility index (Phi) is 7.58. The fraction of sp³-hybridized carbons (Fsp3) is 0.542. The van der Waals surface area contributed by atoms with Crippen LogP contribution in [0.5, 0.6) is 5.75 Å². The summed E-state index contributed by atoms with van der Waals surface area (Å²) >= 11 is 0. The minimum Gasteiger partial charge on any atom is -0.494 e. The predicted octanol–water partition coefficient (Wildman–Crippen LogP) is 2.50. The number of imide groups is 2. The summed E-state index contributed by atoms with van der Waals surface area (Å²) in [6.07, 6.45) is 2.20. The molecule has 1 aromatic rings. The second kappa shape index (κ2) is 10.2. The summed E-state index contributed by atoms with van der Waals surface area (Å²) in [5.74, 6) is -1.71. The molecule has 1 saturated heterocycles. The maximum atomic E-state index is 12.8. The van der Waals surface area contributed by atoms with Gasteiger partial charge in [0.1, 0.15) is 17.4 Å². The topological polar surface area (TPSA) is 122 Å². The lowest BCUT2D eigenvalue weighted by Gasteiger charge is -2.27. The molecule has 0 aromatic heterocycles. The molecule has 0 radical (unpaired) electrons. The van der Waals surface area contributed by atoms with Gasteiger partial charge in [-0.2, -0.15) is 0 Å². The van der Waals surface area contributed by atoms with Crippen LogP contribution in [0.15, 0.2) is 18.2 Å². The molecule has 2 aliphatic heterocycles. The number of nitrogens with zero attached hydrogens (tertiary/aromatic N) is 2. The first kappa shape index (κ1) is 25.2. The third kappa shape index (κ3) is 5.92. The Morgan fingerprint density at radius 3 is 2.47 bits per heavy atom. The maximum Gasteiger partial charge on any atom is 0.410 e. The van der Waals surface area contributed by atoms with Crippen molar-refractivity contribution < 1.29 is 33.4 Å². The Hall–Kier alpha value is -3.43. The molecule has 184 valence electrons. The van der Waals surface area contributed by atoms with Crippen LogP contribution in [0.25, 0.3) is 0 Å². The highest BCUT2D eigenvalue weighted by Crippen LogP contribution is 2.30. The van der Waals surface area contributed by atoms with Gasteiger partial charge in [0.2, 0.25) is 11.8 Å². The maximum absolute atomic E-state index is 12.8. The number of piperidine rings is 1. The molecule has 0 saturated carbocycles. The van der Waals surface area contributed by atoms with Crippen molar-refractivity contribution in [2.75, 3.05) is 20.2 Å². The Labute approximate surface area is 198 Å². The van der Waals surface area contributed by atoms with Crippen LogP contribution in [0.2, 0.25) is 0 Å². The van der Waals surface area contributed by atoms with E-state index in [-0.39, 0.29) is 30.1 Å². The van der Waals surface area contributed by atoms with E-state index in [2.05, 4.69) is 5.32 Å². The predicted molar refractivity (Wildman–Crippen MR) is 121 cm³/mol. The molecule has 10 heteroatoms. The normalized spacial score (nSPS) is 18.0. The number of benzene rings is 1. The minimum atomic E-state index is -0.992. The number of amides is 5. The van der Waals surface area contributed by atoms with Crippen molar-refractivity contribution in [1.29, 1.82) is 0 Å². The average molecular weight is 474 g/mol. The second-order valence-electron chi connectivity index (χ2n) is 9.47. The molecule has 1 fully saturated rings. The number of ether oxygens (including phenoxy) is 2. The first-order valence-corrected chi connectivity index (χ1v) is 11.4. The highest BCUT2D eigenvalue weighted by Gasteiger charge is 2.44. The van der Waals surface area contributed by atoms with Crippen molar-refractivity contribution in [2.24, 2.45) is 0 Å². The van der Waals surface area contributed by atoms with Gasteiger partial charge in [-0.15, -0.1) is 0 Å². The van der Waals surface area contributed by atoms with Crippen molar-refractivity contribution in [1.82, 2.24) is 15.1 Å². The first-order valence-electron chi connectivity index (χ1n) is 11.4. The van der Waals surface area contributed by atoms with Gasteiger partial charge in [0.05, 0.1) is 17.7 Å². The monoisotopic (exact) mass is 473 g/mol. The molecule has 3 rings (SSSR count). The van der Waals surface area contributed by atoms with Crippen molar-refractivity contribution in [3.63, 3.8) is 0 Å². The highest BCUT2D eigenvalue weighted by atomic mass is 16.6. The highest BCUT2D eigenvalue weighted by molar-refractivity contribution is 6.23. The third-order valence-corrected chi connectivity index (χ3v) is 5.52. The zero-order valence-electron chi connectivity index (χ0n) is 20.0. The lowest BCUT2D eigenvalue weighted by molar-refractivity contribution is -0.136. The number of rotatable bonds is 8. The Morgan fingerprint density at radius 1 is 1.09 bits per heavy atom. The zero-order valence-corrected chi connectivity index (χ0v) is 20.0. The first-order chi connectivity index (χ1) is 16.0. The fourth-order valence-electron chi connectivity index (χ4n) is 3.79. The molecule has 1 atom stereocenters. The third-order valence-electron chi connectivity index (χ3n) is 5.52. The Morgan fingerprint density at radius 2 is 1.79 bits per heavy atom. The molecule has 1 unspecified atom stereocenters. The summed E-state index contributed by atoms with van der Waals surface area (Å²) in [4.78, 5) is 63.5. The van der Waals surface area contributed by atoms with E-state index >= 15 is 0 Å². The van der Waals surface area contributed by atoms with E-state index in [1.54, 1.807) is 18.0 Å². The molecule has 1 N–H and O–H groups in total. The standard InChI is InChI=1S/C24H31N3O7/c1-24(2,3)34-23(32)26(4)12-6-5-7-13-33-15-8-9-16-17(14-15)22(31)27(21(16)30)18-10-11-19(28)25-20(18)29/h8-9,14,18H,5-7,10-13H2,1-4H3,(H,25,28,29). The number of nitrogens with one attached hydrogen (secondary N) is 1. The molecule has 0 spiro atoms. The van der Waals surface area contributed by atoms with Crippen LogP contribution in [0, 0.1) is 0 Å². The molecule has 34 heavy (non-hydrogen) atoms. The van der Waals surface area contributed by atoms with Crippen molar-refractivity contribution >= 4 is 29.7 Å². The van der Waals surface area contributed by atoms with Crippen molar-refractivity contribution in [3.05, 3.63) is 29.3 Å². The summed E-state index contributed by atoms with van der Waals surface area (Å²) in [6, 6.07) is 3.66. The lowest BCUT2D eigenvalue weighted by Crippen LogP contribution is -2.54. The lowest BCUT2D eigenvalue weighted by atomic mass is 10.0. The second-order valence-corrected chi connectivity index (χ2v) is 9.47. The van der Waals surface area contributed by atoms with Crippen LogP contribution < -0.4 is 10.1 Å². The largest absolute Gasteiger partial charge is 0.494 e. The summed E-state index contributed by atoms with van der Waals surface area (Å²) in [5.41, 5.74) is -0.127. The number of fused-ring (bicyclic) bond motifs is 1. The molecule has 5 amide bonds. The molecule has 0 bridgehead atoms. The summed E-state index contributed by atoms with van der Waals surface area (Å²) in [6.45, 7) is 6.45. The summed E-state index contributed by atoms with van der Waals surface area (Å²) < 4.78 is 11.1. The van der Waals surface area contributed by atoms with Gasteiger partial charge in [-0.25, -0.2) is 4.79 Å². The number of hydrogen-bond donors (Lipinski definition) is 1. The van der Waals surface area contributed by atoms with Crippen LogP contribution in [0.4, 0.5) is 4.79 Å². The van der Waals surface area contributed by atoms with Crippen LogP contribution >= 0.6 is 0 Å². The van der Waals surface area contributed by atoms with Gasteiger partial charge in [-0.1, -0.05) is 0 Å². The van der Waals surface area contributed by atoms with E-state index < -0.39 is 35.3 Å². The van der Waals surface area contributed by atoms with Crippen LogP contribution in [-0.2, 0) is 14.3 Å². The van der Waals surface area contributed by atoms with Gasteiger partial charge in [0.25, 0.3) is 11.8 Å². The van der Waals surface area contributed by atoms with Gasteiger partial charge in [-0.3, -0.25) is 29.4 Å². The van der Waals surface area contributed by atoms with E-state index in [1.165, 1.54) is 12.1 Å². The Balaban J connectivity index is 1.47. The summed E-state index contributed by atoms with van der Waals surface area (Å²) in [7, 11) is 1.70. The van der Waals surface area contributed by atoms with Crippen molar-refractivity contribution in [3.8, 4) is 5.75 Å². The van der Waals surface area contributed by atoms with E-state index in [9.17, 15) is 24.0 Å². The van der Waals surface area contributed by atoms with E-state index in [0.717, 1.165) is 24.2 Å². The van der Waals surface area contributed by atoms with Gasteiger partial charge in [0.15, 0.2) is 0 Å². The van der Waals surface area contributed by atoms with E-state index in [4.69, 9.17) is 9.47 Å². The molecule has 1 aromatic carbocycles. The molecule has 0 aliphatic carbocycles. The minimum absolute atomic E-state index is 0.0751. The Bertz CT molecular complexity index is 999. The quantitative estimate of drug-likeness (QED) is 0.455. The molecule has 2 heterocycles.